The molecule has 0 bridgehead atoms. The van der Waals surface area contributed by atoms with Crippen LogP contribution in [0.3, 0.4) is 0 Å². The predicted octanol–water partition coefficient (Wildman–Crippen LogP) is 2.34. The second-order valence-electron chi connectivity index (χ2n) is 4.08. The molecule has 0 saturated carbocycles. The van der Waals surface area contributed by atoms with Crippen molar-refractivity contribution in [1.82, 2.24) is 0 Å². The molecule has 0 N–H and O–H groups in total. The maximum absolute atomic E-state index is 13.4. The fourth-order valence-electron chi connectivity index (χ4n) is 1.44. The lowest BCUT2D eigenvalue weighted by Gasteiger charge is -2.07. The highest BCUT2D eigenvalue weighted by Crippen LogP contribution is 2.11. The number of methoxy groups -OCH3 is 1. The molecule has 0 fully saturated rings. The van der Waals surface area contributed by atoms with Gasteiger partial charge >= 0.3 is 5.97 Å². The first-order chi connectivity index (χ1) is 9.15. The number of rotatable bonds is 8. The Morgan fingerprint density at radius 3 is 2.74 bits per heavy atom. The van der Waals surface area contributed by atoms with E-state index in [2.05, 4.69) is 0 Å². The molecule has 106 valence electrons. The van der Waals surface area contributed by atoms with Gasteiger partial charge in [-0.05, 0) is 19.1 Å². The summed E-state index contributed by atoms with van der Waals surface area (Å²) in [6.07, 6.45) is 0.572. The Morgan fingerprint density at radius 2 is 2.00 bits per heavy atom. The number of esters is 1. The number of ether oxygens (including phenoxy) is 3. The van der Waals surface area contributed by atoms with E-state index >= 15 is 0 Å². The maximum atomic E-state index is 13.4. The highest BCUT2D eigenvalue weighted by molar-refractivity contribution is 5.89. The second kappa shape index (κ2) is 8.61. The normalized spacial score (nSPS) is 10.5. The summed E-state index contributed by atoms with van der Waals surface area (Å²) in [5.74, 6) is -1.20. The molecule has 0 unspecified atom stereocenters. The highest BCUT2D eigenvalue weighted by atomic mass is 19.1. The van der Waals surface area contributed by atoms with Gasteiger partial charge in [-0.15, -0.1) is 0 Å². The number of aryl methyl sites for hydroxylation is 1. The molecule has 0 aliphatic heterocycles. The topological polar surface area (TPSA) is 44.8 Å². The second-order valence-corrected chi connectivity index (χ2v) is 4.08. The number of halogens is 1. The summed E-state index contributed by atoms with van der Waals surface area (Å²) < 4.78 is 28.4. The van der Waals surface area contributed by atoms with Crippen LogP contribution in [0.5, 0.6) is 0 Å². The van der Waals surface area contributed by atoms with E-state index < -0.39 is 11.8 Å². The molecule has 0 spiro atoms. The number of benzene rings is 1. The van der Waals surface area contributed by atoms with Gasteiger partial charge in [0.2, 0.25) is 0 Å². The Balaban J connectivity index is 2.26. The van der Waals surface area contributed by atoms with E-state index in [1.807, 2.05) is 0 Å². The molecule has 0 atom stereocenters. The molecule has 5 heteroatoms. The van der Waals surface area contributed by atoms with Crippen LogP contribution in [0.2, 0.25) is 0 Å². The van der Waals surface area contributed by atoms with Crippen molar-refractivity contribution in [3.05, 3.63) is 35.1 Å². The van der Waals surface area contributed by atoms with Crippen molar-refractivity contribution in [2.75, 3.05) is 33.5 Å². The van der Waals surface area contributed by atoms with E-state index in [1.54, 1.807) is 20.1 Å². The minimum Gasteiger partial charge on any atom is -0.462 e. The Hall–Kier alpha value is -1.46. The molecule has 0 radical (unpaired) electrons. The first-order valence-electron chi connectivity index (χ1n) is 6.15. The Labute approximate surface area is 112 Å². The van der Waals surface area contributed by atoms with Crippen LogP contribution in [0.25, 0.3) is 0 Å². The molecule has 19 heavy (non-hydrogen) atoms. The van der Waals surface area contributed by atoms with Crippen LogP contribution in [0.1, 0.15) is 22.3 Å². The van der Waals surface area contributed by atoms with Crippen molar-refractivity contribution in [3.8, 4) is 0 Å². The fourth-order valence-corrected chi connectivity index (χ4v) is 1.44. The predicted molar refractivity (Wildman–Crippen MR) is 68.7 cm³/mol. The van der Waals surface area contributed by atoms with Crippen molar-refractivity contribution < 1.29 is 23.4 Å². The Bertz CT molecular complexity index is 406. The molecule has 1 aromatic rings. The third-order valence-corrected chi connectivity index (χ3v) is 2.44. The SMILES string of the molecule is COCCOCCCOC(=O)c1cc(C)ccc1F. The highest BCUT2D eigenvalue weighted by Gasteiger charge is 2.12. The third kappa shape index (κ3) is 5.81. The zero-order valence-electron chi connectivity index (χ0n) is 11.3. The van der Waals surface area contributed by atoms with Crippen LogP contribution < -0.4 is 0 Å². The smallest absolute Gasteiger partial charge is 0.341 e. The average Bonchev–Trinajstić information content (AvgIpc) is 2.40. The van der Waals surface area contributed by atoms with Crippen molar-refractivity contribution in [3.63, 3.8) is 0 Å². The molecule has 4 nitrogen and oxygen atoms in total. The number of hydrogen-bond donors (Lipinski definition) is 0. The average molecular weight is 270 g/mol. The lowest BCUT2D eigenvalue weighted by molar-refractivity contribution is 0.0381. The Kier molecular flexibility index (Phi) is 7.07. The summed E-state index contributed by atoms with van der Waals surface area (Å²) in [6, 6.07) is 4.35. The molecule has 0 heterocycles. The summed E-state index contributed by atoms with van der Waals surface area (Å²) in [5, 5.41) is 0. The summed E-state index contributed by atoms with van der Waals surface area (Å²) >= 11 is 0. The molecule has 1 aromatic carbocycles. The zero-order valence-corrected chi connectivity index (χ0v) is 11.3. The van der Waals surface area contributed by atoms with Crippen LogP contribution in [-0.4, -0.2) is 39.5 Å². The van der Waals surface area contributed by atoms with Crippen LogP contribution in [0, 0.1) is 12.7 Å². The van der Waals surface area contributed by atoms with Gasteiger partial charge in [0.25, 0.3) is 0 Å². The van der Waals surface area contributed by atoms with Gasteiger partial charge in [-0.1, -0.05) is 11.6 Å². The van der Waals surface area contributed by atoms with Gasteiger partial charge in [-0.25, -0.2) is 9.18 Å². The van der Waals surface area contributed by atoms with Gasteiger partial charge in [0.05, 0.1) is 25.4 Å². The monoisotopic (exact) mass is 270 g/mol. The first-order valence-corrected chi connectivity index (χ1v) is 6.15. The summed E-state index contributed by atoms with van der Waals surface area (Å²) in [4.78, 5) is 11.6. The van der Waals surface area contributed by atoms with E-state index in [-0.39, 0.29) is 12.2 Å². The third-order valence-electron chi connectivity index (χ3n) is 2.44. The van der Waals surface area contributed by atoms with Crippen LogP contribution in [0.4, 0.5) is 4.39 Å². The number of hydrogen-bond acceptors (Lipinski definition) is 4. The standard InChI is InChI=1S/C14H19FO4/c1-11-4-5-13(15)12(10-11)14(16)19-7-3-6-18-9-8-17-2/h4-5,10H,3,6-9H2,1-2H3. The molecule has 0 amide bonds. The van der Waals surface area contributed by atoms with E-state index in [9.17, 15) is 9.18 Å². The fraction of sp³-hybridized carbons (Fsp3) is 0.500. The lowest BCUT2D eigenvalue weighted by atomic mass is 10.1. The molecular weight excluding hydrogens is 251 g/mol. The van der Waals surface area contributed by atoms with Crippen LogP contribution in [0.15, 0.2) is 18.2 Å². The minimum atomic E-state index is -0.641. The van der Waals surface area contributed by atoms with Crippen molar-refractivity contribution in [2.24, 2.45) is 0 Å². The van der Waals surface area contributed by atoms with Crippen molar-refractivity contribution >= 4 is 5.97 Å². The van der Waals surface area contributed by atoms with Crippen LogP contribution >= 0.6 is 0 Å². The summed E-state index contributed by atoms with van der Waals surface area (Å²) in [7, 11) is 1.60. The maximum Gasteiger partial charge on any atom is 0.341 e. The molecule has 0 aliphatic rings. The van der Waals surface area contributed by atoms with Gasteiger partial charge in [0.1, 0.15) is 5.82 Å². The number of carbonyl (C=O) groups is 1. The molecule has 0 aliphatic carbocycles. The quantitative estimate of drug-likeness (QED) is 0.537. The summed E-state index contributed by atoms with van der Waals surface area (Å²) in [6.45, 7) is 3.53. The molecule has 0 aromatic heterocycles. The Morgan fingerprint density at radius 1 is 1.21 bits per heavy atom. The molecular formula is C14H19FO4. The van der Waals surface area contributed by atoms with Crippen molar-refractivity contribution in [2.45, 2.75) is 13.3 Å². The molecule has 1 rings (SSSR count). The van der Waals surface area contributed by atoms with E-state index in [4.69, 9.17) is 14.2 Å². The van der Waals surface area contributed by atoms with Gasteiger partial charge in [-0.3, -0.25) is 0 Å². The van der Waals surface area contributed by atoms with Gasteiger partial charge in [0.15, 0.2) is 0 Å². The van der Waals surface area contributed by atoms with E-state index in [0.29, 0.717) is 26.2 Å². The van der Waals surface area contributed by atoms with Gasteiger partial charge in [-0.2, -0.15) is 0 Å². The zero-order chi connectivity index (χ0) is 14.1. The largest absolute Gasteiger partial charge is 0.462 e. The van der Waals surface area contributed by atoms with Gasteiger partial charge in [0, 0.05) is 20.1 Å². The lowest BCUT2D eigenvalue weighted by Crippen LogP contribution is -2.11. The van der Waals surface area contributed by atoms with E-state index in [1.165, 1.54) is 12.1 Å². The summed E-state index contributed by atoms with van der Waals surface area (Å²) in [5.41, 5.74) is 0.788. The molecule has 0 saturated heterocycles. The number of carbonyl (C=O) groups excluding carboxylic acids is 1. The van der Waals surface area contributed by atoms with Crippen LogP contribution in [-0.2, 0) is 14.2 Å². The first kappa shape index (κ1) is 15.6. The van der Waals surface area contributed by atoms with Gasteiger partial charge < -0.3 is 14.2 Å². The minimum absolute atomic E-state index is 0.0275. The van der Waals surface area contributed by atoms with Crippen molar-refractivity contribution in [1.29, 1.82) is 0 Å². The van der Waals surface area contributed by atoms with E-state index in [0.717, 1.165) is 5.56 Å².